The van der Waals surface area contributed by atoms with Crippen LogP contribution in [-0.2, 0) is 83.6 Å². The zero-order valence-electron chi connectivity index (χ0n) is 63.0. The van der Waals surface area contributed by atoms with Gasteiger partial charge in [0.15, 0.2) is 11.3 Å². The number of unbranched alkanes of at least 4 members (excludes halogenated alkanes) is 30. The number of ether oxygens (including phenoxy) is 6. The summed E-state index contributed by atoms with van der Waals surface area (Å²) in [6, 6.07) is 38.7. The number of carbonyl (C=O) groups excluding carboxylic acids is 6. The Bertz CT molecular complexity index is 2640. The Morgan fingerprint density at radius 2 is 0.616 bits per heavy atom. The van der Waals surface area contributed by atoms with Crippen LogP contribution in [0.4, 0.5) is 0 Å². The normalized spacial score (nSPS) is 12.1. The van der Waals surface area contributed by atoms with E-state index in [9.17, 15) is 28.8 Å². The maximum atomic E-state index is 13.9. The Kier molecular flexibility index (Phi) is 52.1. The molecule has 556 valence electrons. The molecule has 0 N–H and O–H groups in total. The van der Waals surface area contributed by atoms with Crippen molar-refractivity contribution in [3.63, 3.8) is 0 Å². The van der Waals surface area contributed by atoms with Crippen molar-refractivity contribution in [3.8, 4) is 0 Å². The molecule has 0 amide bonds. The fourth-order valence-corrected chi connectivity index (χ4v) is 12.0. The zero-order chi connectivity index (χ0) is 72.3. The van der Waals surface area contributed by atoms with Gasteiger partial charge in [-0.2, -0.15) is 0 Å². The Morgan fingerprint density at radius 1 is 0.323 bits per heavy atom. The van der Waals surface area contributed by atoms with Crippen molar-refractivity contribution < 1.29 is 57.2 Å². The molecule has 0 aliphatic rings. The molecule has 0 aliphatic heterocycles. The van der Waals surface area contributed by atoms with Crippen LogP contribution in [0.3, 0.4) is 0 Å². The second-order valence-corrected chi connectivity index (χ2v) is 29.7. The smallest absolute Gasteiger partial charge is 0.324 e. The van der Waals surface area contributed by atoms with E-state index < -0.39 is 46.4 Å². The molecule has 0 bridgehead atoms. The fraction of sp³-hybridized carbons (Fsp3) is 0.651. The van der Waals surface area contributed by atoms with Gasteiger partial charge >= 0.3 is 35.8 Å². The SMILES string of the molecule is CCCCCCCCCCCC(C(=O)OCc1ccccc1)C(=O)OC(C)(C)C.CCCCCCCCCCCC(CCCCCCCCCCC(=O)OCc1ccccc1)(C(=O)OCc1ccccc1)C(=O)OC(C)(C)C.O=C(CCCCCCCCCCBr)OCc1ccccc1. The van der Waals surface area contributed by atoms with Gasteiger partial charge < -0.3 is 28.4 Å². The second kappa shape index (κ2) is 57.8. The van der Waals surface area contributed by atoms with Gasteiger partial charge in [0.1, 0.15) is 37.6 Å². The van der Waals surface area contributed by atoms with Crippen molar-refractivity contribution >= 4 is 51.7 Å². The maximum absolute atomic E-state index is 13.9. The van der Waals surface area contributed by atoms with Crippen molar-refractivity contribution in [2.45, 2.75) is 343 Å². The molecule has 13 heteroatoms. The Balaban J connectivity index is 0.000000561. The van der Waals surface area contributed by atoms with Gasteiger partial charge in [-0.05, 0) is 102 Å². The molecule has 0 saturated carbocycles. The van der Waals surface area contributed by atoms with E-state index in [2.05, 4.69) is 29.8 Å². The van der Waals surface area contributed by atoms with E-state index in [0.717, 1.165) is 130 Å². The van der Waals surface area contributed by atoms with Gasteiger partial charge in [0.05, 0.1) is 0 Å². The fourth-order valence-electron chi connectivity index (χ4n) is 11.6. The first kappa shape index (κ1) is 89.3. The third-order valence-electron chi connectivity index (χ3n) is 17.4. The lowest BCUT2D eigenvalue weighted by Gasteiger charge is -2.33. The average molecular weight is 1440 g/mol. The summed E-state index contributed by atoms with van der Waals surface area (Å²) in [6.45, 7) is 16.5. The molecule has 0 aliphatic carbocycles. The number of halogens is 1. The Morgan fingerprint density at radius 3 is 0.949 bits per heavy atom. The molecule has 2 unspecified atom stereocenters. The highest BCUT2D eigenvalue weighted by molar-refractivity contribution is 9.09. The topological polar surface area (TPSA) is 158 Å². The largest absolute Gasteiger partial charge is 0.461 e. The van der Waals surface area contributed by atoms with Crippen LogP contribution in [0.15, 0.2) is 121 Å². The highest BCUT2D eigenvalue weighted by Gasteiger charge is 2.49. The van der Waals surface area contributed by atoms with Gasteiger partial charge in [-0.1, -0.05) is 350 Å². The van der Waals surface area contributed by atoms with Gasteiger partial charge in [-0.3, -0.25) is 28.8 Å². The van der Waals surface area contributed by atoms with Crippen LogP contribution in [0.2, 0.25) is 0 Å². The van der Waals surface area contributed by atoms with Crippen molar-refractivity contribution in [2.75, 3.05) is 5.33 Å². The summed E-state index contributed by atoms with van der Waals surface area (Å²) in [4.78, 5) is 76.6. The highest BCUT2D eigenvalue weighted by Crippen LogP contribution is 2.37. The van der Waals surface area contributed by atoms with Crippen LogP contribution in [0, 0.1) is 11.3 Å². The quantitative estimate of drug-likeness (QED) is 0.0136. The van der Waals surface area contributed by atoms with Crippen LogP contribution >= 0.6 is 15.9 Å². The van der Waals surface area contributed by atoms with Crippen LogP contribution in [0.5, 0.6) is 0 Å². The molecule has 4 aromatic rings. The van der Waals surface area contributed by atoms with Crippen molar-refractivity contribution in [1.29, 1.82) is 0 Å². The molecule has 0 fully saturated rings. The van der Waals surface area contributed by atoms with Gasteiger partial charge in [-0.25, -0.2) is 0 Å². The number of carbonyl (C=O) groups is 6. The number of alkyl halides is 1. The maximum Gasteiger partial charge on any atom is 0.324 e. The number of hydrogen-bond donors (Lipinski definition) is 0. The third kappa shape index (κ3) is 48.6. The number of hydrogen-bond acceptors (Lipinski definition) is 12. The van der Waals surface area contributed by atoms with Gasteiger partial charge in [0, 0.05) is 18.2 Å². The minimum atomic E-state index is -1.29. The molecule has 2 atom stereocenters. The lowest BCUT2D eigenvalue weighted by atomic mass is 9.77. The molecule has 4 rings (SSSR count). The highest BCUT2D eigenvalue weighted by atomic mass is 79.9. The van der Waals surface area contributed by atoms with Crippen LogP contribution in [0.25, 0.3) is 0 Å². The summed E-state index contributed by atoms with van der Waals surface area (Å²) < 4.78 is 33.3. The van der Waals surface area contributed by atoms with Crippen LogP contribution in [-0.4, -0.2) is 52.3 Å². The number of esters is 6. The second-order valence-electron chi connectivity index (χ2n) is 28.9. The monoisotopic (exact) mass is 1440 g/mol. The first-order valence-electron chi connectivity index (χ1n) is 38.7. The predicted octanol–water partition coefficient (Wildman–Crippen LogP) is 23.9. The molecule has 0 saturated heterocycles. The lowest BCUT2D eigenvalue weighted by molar-refractivity contribution is -0.182. The summed E-state index contributed by atoms with van der Waals surface area (Å²) in [5.74, 6) is -2.91. The minimum absolute atomic E-state index is 0.0730. The van der Waals surface area contributed by atoms with Gasteiger partial charge in [0.2, 0.25) is 0 Å². The summed E-state index contributed by atoms with van der Waals surface area (Å²) >= 11 is 3.45. The molecule has 0 radical (unpaired) electrons. The molecule has 99 heavy (non-hydrogen) atoms. The van der Waals surface area contributed by atoms with Crippen LogP contribution in [0.1, 0.15) is 328 Å². The third-order valence-corrected chi connectivity index (χ3v) is 17.9. The number of rotatable bonds is 53. The molecule has 0 spiro atoms. The van der Waals surface area contributed by atoms with E-state index in [1.165, 1.54) is 116 Å². The molecule has 4 aromatic carbocycles. The first-order valence-corrected chi connectivity index (χ1v) is 39.8. The molecular formula is C86H133BrO12. The predicted molar refractivity (Wildman–Crippen MR) is 408 cm³/mol. The lowest BCUT2D eigenvalue weighted by Crippen LogP contribution is -2.44. The zero-order valence-corrected chi connectivity index (χ0v) is 64.6. The summed E-state index contributed by atoms with van der Waals surface area (Å²) in [5.41, 5.74) is 1.26. The molecule has 0 aromatic heterocycles. The van der Waals surface area contributed by atoms with Crippen molar-refractivity contribution in [2.24, 2.45) is 11.3 Å². The molecular weight excluding hydrogens is 1300 g/mol. The van der Waals surface area contributed by atoms with E-state index >= 15 is 0 Å². The van der Waals surface area contributed by atoms with Crippen LogP contribution < -0.4 is 0 Å². The van der Waals surface area contributed by atoms with Crippen molar-refractivity contribution in [1.82, 2.24) is 0 Å². The van der Waals surface area contributed by atoms with E-state index in [-0.39, 0.29) is 25.2 Å². The Labute approximate surface area is 609 Å². The molecule has 0 heterocycles. The van der Waals surface area contributed by atoms with E-state index in [4.69, 9.17) is 28.4 Å². The van der Waals surface area contributed by atoms with Crippen molar-refractivity contribution in [3.05, 3.63) is 144 Å². The summed E-state index contributed by atoms with van der Waals surface area (Å²) in [6.07, 6.45) is 41.4. The minimum Gasteiger partial charge on any atom is -0.461 e. The van der Waals surface area contributed by atoms with E-state index in [1.807, 2.05) is 163 Å². The average Bonchev–Trinajstić information content (AvgIpc) is 0.808. The van der Waals surface area contributed by atoms with Gasteiger partial charge in [-0.15, -0.1) is 0 Å². The standard InChI is InChI=1S/C43H66O6.C25H40O4.C18H27BrO2/c1-5-6-7-8-9-11-14-17-26-33-43(41(46)49-42(2,3)4,40(45)48-36-38-30-23-20-24-31-38)34-27-18-15-12-10-13-16-25-32-39(44)47-35-37-28-21-19-22-29-37;1-5-6-7-8-9-10-11-12-16-19-22(24(27)29-25(2,3)4)23(26)28-20-21-17-14-13-15-18-21;19-15-11-6-4-2-1-3-5-10-14-18(20)21-16-17-12-8-7-9-13-17/h19-24,28-31H,5-18,25-27,32-36H2,1-4H3;13-15,17-18,22H,5-12,16,19-20H2,1-4H3;7-9,12-13H,1-6,10-11,14-16H2. The molecule has 12 nitrogen and oxygen atoms in total. The first-order chi connectivity index (χ1) is 47.8. The number of benzene rings is 4. The summed E-state index contributed by atoms with van der Waals surface area (Å²) in [5, 5.41) is 1.12. The summed E-state index contributed by atoms with van der Waals surface area (Å²) in [7, 11) is 0. The van der Waals surface area contributed by atoms with Gasteiger partial charge in [0.25, 0.3) is 0 Å². The van der Waals surface area contributed by atoms with E-state index in [1.54, 1.807) is 0 Å². The Hall–Kier alpha value is -5.82. The van der Waals surface area contributed by atoms with E-state index in [0.29, 0.717) is 45.3 Å².